The van der Waals surface area contributed by atoms with Crippen LogP contribution in [0.25, 0.3) is 0 Å². The van der Waals surface area contributed by atoms with Crippen molar-refractivity contribution in [3.05, 3.63) is 57.9 Å². The topological polar surface area (TPSA) is 16.1 Å². The lowest BCUT2D eigenvalue weighted by Gasteiger charge is -2.20. The Kier molecular flexibility index (Phi) is 4.53. The number of aromatic nitrogens is 1. The molecule has 0 aliphatic heterocycles. The van der Waals surface area contributed by atoms with Crippen LogP contribution >= 0.6 is 15.9 Å². The minimum absolute atomic E-state index is 0.182. The van der Waals surface area contributed by atoms with Gasteiger partial charge in [-0.3, -0.25) is 0 Å². The molecule has 2 nitrogen and oxygen atoms in total. The molecule has 2 rings (SSSR count). The molecule has 0 saturated carbocycles. The summed E-state index contributed by atoms with van der Waals surface area (Å²) in [5, 5.41) is 0. The van der Waals surface area contributed by atoms with Crippen LogP contribution in [0.2, 0.25) is 0 Å². The third-order valence-corrected chi connectivity index (χ3v) is 3.44. The Bertz CT molecular complexity index is 572. The first-order valence-corrected chi connectivity index (χ1v) is 6.93. The van der Waals surface area contributed by atoms with Crippen molar-refractivity contribution < 1.29 is 4.39 Å². The molecule has 0 saturated heterocycles. The Hall–Kier alpha value is -1.42. The van der Waals surface area contributed by atoms with Gasteiger partial charge in [0.1, 0.15) is 11.6 Å². The number of hydrogen-bond donors (Lipinski definition) is 0. The number of anilines is 1. The van der Waals surface area contributed by atoms with Crippen LogP contribution < -0.4 is 4.90 Å². The molecule has 4 heteroatoms. The van der Waals surface area contributed by atoms with Gasteiger partial charge in [0.05, 0.1) is 0 Å². The summed E-state index contributed by atoms with van der Waals surface area (Å²) in [5.41, 5.74) is 2.12. The van der Waals surface area contributed by atoms with Crippen LogP contribution in [0.3, 0.4) is 0 Å². The Morgan fingerprint density at radius 2 is 2.11 bits per heavy atom. The highest BCUT2D eigenvalue weighted by molar-refractivity contribution is 9.10. The predicted octanol–water partition coefficient (Wildman–Crippen LogP) is 3.97. The van der Waals surface area contributed by atoms with Crippen molar-refractivity contribution in [3.8, 4) is 0 Å². The third-order valence-electron chi connectivity index (χ3n) is 3.00. The van der Waals surface area contributed by atoms with E-state index in [9.17, 15) is 4.39 Å². The molecule has 100 valence electrons. The molecule has 0 aliphatic carbocycles. The van der Waals surface area contributed by atoms with Crippen molar-refractivity contribution in [2.75, 3.05) is 18.5 Å². The highest BCUT2D eigenvalue weighted by Crippen LogP contribution is 2.19. The maximum atomic E-state index is 13.1. The van der Waals surface area contributed by atoms with Gasteiger partial charge in [-0.05, 0) is 58.6 Å². The van der Waals surface area contributed by atoms with E-state index in [-0.39, 0.29) is 5.82 Å². The molecule has 0 atom stereocenters. The molecule has 2 aromatic rings. The van der Waals surface area contributed by atoms with Crippen LogP contribution in [0.4, 0.5) is 10.2 Å². The van der Waals surface area contributed by atoms with Crippen LogP contribution in [-0.4, -0.2) is 18.6 Å². The summed E-state index contributed by atoms with van der Waals surface area (Å²) < 4.78 is 14.1. The van der Waals surface area contributed by atoms with Gasteiger partial charge in [0.25, 0.3) is 0 Å². The van der Waals surface area contributed by atoms with Crippen LogP contribution in [0.1, 0.15) is 11.1 Å². The van der Waals surface area contributed by atoms with Gasteiger partial charge >= 0.3 is 0 Å². The van der Waals surface area contributed by atoms with Crippen molar-refractivity contribution in [1.29, 1.82) is 0 Å². The van der Waals surface area contributed by atoms with Gasteiger partial charge in [0.2, 0.25) is 0 Å². The lowest BCUT2D eigenvalue weighted by Crippen LogP contribution is -2.22. The number of nitrogens with zero attached hydrogens (tertiary/aromatic N) is 2. The number of hydrogen-bond acceptors (Lipinski definition) is 2. The van der Waals surface area contributed by atoms with Gasteiger partial charge < -0.3 is 4.90 Å². The summed E-state index contributed by atoms with van der Waals surface area (Å²) in [6.07, 6.45) is 2.59. The smallest absolute Gasteiger partial charge is 0.131 e. The molecule has 1 heterocycles. The van der Waals surface area contributed by atoms with E-state index < -0.39 is 0 Å². The van der Waals surface area contributed by atoms with E-state index in [2.05, 4.69) is 25.8 Å². The SMILES string of the molecule is Cc1cc(Br)cnc1N(C)CCc1cccc(F)c1. The zero-order chi connectivity index (χ0) is 13.8. The van der Waals surface area contributed by atoms with Crippen molar-refractivity contribution in [2.24, 2.45) is 0 Å². The molecular formula is C15H16BrFN2. The molecular weight excluding hydrogens is 307 g/mol. The first-order chi connectivity index (χ1) is 9.06. The largest absolute Gasteiger partial charge is 0.359 e. The monoisotopic (exact) mass is 322 g/mol. The standard InChI is InChI=1S/C15H16BrFN2/c1-11-8-13(16)10-18-15(11)19(2)7-6-12-4-3-5-14(17)9-12/h3-5,8-10H,6-7H2,1-2H3. The highest BCUT2D eigenvalue weighted by Gasteiger charge is 2.07. The minimum Gasteiger partial charge on any atom is -0.359 e. The van der Waals surface area contributed by atoms with Gasteiger partial charge in [0, 0.05) is 24.3 Å². The number of rotatable bonds is 4. The lowest BCUT2D eigenvalue weighted by molar-refractivity contribution is 0.625. The van der Waals surface area contributed by atoms with E-state index in [0.29, 0.717) is 0 Å². The normalized spacial score (nSPS) is 10.5. The molecule has 0 spiro atoms. The molecule has 0 unspecified atom stereocenters. The zero-order valence-electron chi connectivity index (χ0n) is 11.0. The van der Waals surface area contributed by atoms with Crippen LogP contribution in [0, 0.1) is 12.7 Å². The van der Waals surface area contributed by atoms with Gasteiger partial charge in [-0.1, -0.05) is 12.1 Å². The predicted molar refractivity (Wildman–Crippen MR) is 80.0 cm³/mol. The first-order valence-electron chi connectivity index (χ1n) is 6.14. The van der Waals surface area contributed by atoms with E-state index in [1.54, 1.807) is 18.3 Å². The van der Waals surface area contributed by atoms with Crippen LogP contribution in [0.5, 0.6) is 0 Å². The second kappa shape index (κ2) is 6.15. The fraction of sp³-hybridized carbons (Fsp3) is 0.267. The minimum atomic E-state index is -0.182. The van der Waals surface area contributed by atoms with E-state index in [1.807, 2.05) is 26.1 Å². The summed E-state index contributed by atoms with van der Waals surface area (Å²) in [4.78, 5) is 6.50. The average Bonchev–Trinajstić information content (AvgIpc) is 2.36. The summed E-state index contributed by atoms with van der Waals surface area (Å²) in [6, 6.07) is 8.77. The van der Waals surface area contributed by atoms with E-state index in [1.165, 1.54) is 6.07 Å². The van der Waals surface area contributed by atoms with E-state index >= 15 is 0 Å². The highest BCUT2D eigenvalue weighted by atomic mass is 79.9. The molecule has 0 bridgehead atoms. The van der Waals surface area contributed by atoms with Crippen molar-refractivity contribution in [2.45, 2.75) is 13.3 Å². The van der Waals surface area contributed by atoms with Crippen molar-refractivity contribution >= 4 is 21.7 Å². The maximum Gasteiger partial charge on any atom is 0.131 e. The number of pyridine rings is 1. The lowest BCUT2D eigenvalue weighted by atomic mass is 10.1. The molecule has 1 aromatic heterocycles. The zero-order valence-corrected chi connectivity index (χ0v) is 12.6. The second-order valence-corrected chi connectivity index (χ2v) is 5.51. The Morgan fingerprint density at radius 3 is 2.79 bits per heavy atom. The molecule has 19 heavy (non-hydrogen) atoms. The van der Waals surface area contributed by atoms with E-state index in [4.69, 9.17) is 0 Å². The Labute approximate surface area is 121 Å². The van der Waals surface area contributed by atoms with Crippen molar-refractivity contribution in [3.63, 3.8) is 0 Å². The molecule has 0 amide bonds. The van der Waals surface area contributed by atoms with Gasteiger partial charge in [-0.25, -0.2) is 9.37 Å². The number of aryl methyl sites for hydroxylation is 1. The maximum absolute atomic E-state index is 13.1. The van der Waals surface area contributed by atoms with Crippen LogP contribution in [0.15, 0.2) is 41.0 Å². The number of benzene rings is 1. The van der Waals surface area contributed by atoms with Crippen molar-refractivity contribution in [1.82, 2.24) is 4.98 Å². The van der Waals surface area contributed by atoms with Gasteiger partial charge in [-0.15, -0.1) is 0 Å². The Morgan fingerprint density at radius 1 is 1.32 bits per heavy atom. The third kappa shape index (κ3) is 3.77. The molecule has 0 N–H and O–H groups in total. The fourth-order valence-electron chi connectivity index (χ4n) is 2.03. The molecule has 0 aliphatic rings. The quantitative estimate of drug-likeness (QED) is 0.846. The summed E-state index contributed by atoms with van der Waals surface area (Å²) in [5.74, 6) is 0.776. The Balaban J connectivity index is 2.03. The summed E-state index contributed by atoms with van der Waals surface area (Å²) in [6.45, 7) is 2.84. The number of halogens is 2. The van der Waals surface area contributed by atoms with Gasteiger partial charge in [-0.2, -0.15) is 0 Å². The molecule has 1 aromatic carbocycles. The number of likely N-dealkylation sites (N-methyl/N-ethyl adjacent to an activating group) is 1. The summed E-state index contributed by atoms with van der Waals surface area (Å²) >= 11 is 3.41. The second-order valence-electron chi connectivity index (χ2n) is 4.60. The molecule has 0 radical (unpaired) electrons. The van der Waals surface area contributed by atoms with Crippen LogP contribution in [-0.2, 0) is 6.42 Å². The summed E-state index contributed by atoms with van der Waals surface area (Å²) in [7, 11) is 2.00. The van der Waals surface area contributed by atoms with Gasteiger partial charge in [0.15, 0.2) is 0 Å². The first kappa shape index (κ1) is 14.0. The average molecular weight is 323 g/mol. The molecule has 0 fully saturated rings. The van der Waals surface area contributed by atoms with E-state index in [0.717, 1.165) is 34.4 Å². The fourth-order valence-corrected chi connectivity index (χ4v) is 2.47.